The van der Waals surface area contributed by atoms with Gasteiger partial charge in [0.05, 0.1) is 11.7 Å². The number of hydrogen-bond acceptors (Lipinski definition) is 6. The highest BCUT2D eigenvalue weighted by atomic mass is 32.1. The van der Waals surface area contributed by atoms with Gasteiger partial charge in [-0.25, -0.2) is 9.67 Å². The molecule has 1 unspecified atom stereocenters. The van der Waals surface area contributed by atoms with Gasteiger partial charge in [0, 0.05) is 24.2 Å². The Morgan fingerprint density at radius 2 is 1.71 bits per heavy atom. The molecule has 5 rings (SSSR count). The van der Waals surface area contributed by atoms with Crippen molar-refractivity contribution in [3.63, 3.8) is 0 Å². The van der Waals surface area contributed by atoms with Crippen molar-refractivity contribution in [2.75, 3.05) is 0 Å². The van der Waals surface area contributed by atoms with Crippen LogP contribution in [0.4, 0.5) is 0 Å². The molecular formula is C26H23N5O3S. The van der Waals surface area contributed by atoms with Gasteiger partial charge in [-0.3, -0.25) is 14.4 Å². The van der Waals surface area contributed by atoms with E-state index in [4.69, 9.17) is 0 Å². The fourth-order valence-electron chi connectivity index (χ4n) is 3.70. The van der Waals surface area contributed by atoms with Crippen LogP contribution in [0.3, 0.4) is 0 Å². The van der Waals surface area contributed by atoms with E-state index >= 15 is 0 Å². The first-order valence-corrected chi connectivity index (χ1v) is 12.2. The van der Waals surface area contributed by atoms with Crippen LogP contribution in [0.2, 0.25) is 0 Å². The van der Waals surface area contributed by atoms with E-state index in [9.17, 15) is 14.4 Å². The summed E-state index contributed by atoms with van der Waals surface area (Å²) in [7, 11) is 0. The molecule has 9 heteroatoms. The fraction of sp³-hybridized carbons (Fsp3) is 0.192. The molecule has 8 nitrogen and oxygen atoms in total. The van der Waals surface area contributed by atoms with E-state index in [-0.39, 0.29) is 12.5 Å². The zero-order valence-corrected chi connectivity index (χ0v) is 19.6. The number of rotatable bonds is 9. The summed E-state index contributed by atoms with van der Waals surface area (Å²) in [6.45, 7) is 0. The van der Waals surface area contributed by atoms with Crippen LogP contribution < -0.4 is 10.6 Å². The molecule has 0 radical (unpaired) electrons. The lowest BCUT2D eigenvalue weighted by molar-refractivity contribution is -0.139. The molecule has 1 aliphatic rings. The topological polar surface area (TPSA) is 106 Å². The Bertz CT molecular complexity index is 1350. The molecule has 0 spiro atoms. The van der Waals surface area contributed by atoms with Gasteiger partial charge in [0.1, 0.15) is 10.9 Å². The minimum Gasteiger partial charge on any atom is -0.347 e. The van der Waals surface area contributed by atoms with Crippen molar-refractivity contribution in [1.82, 2.24) is 25.4 Å². The maximum atomic E-state index is 13.3. The molecule has 1 atom stereocenters. The summed E-state index contributed by atoms with van der Waals surface area (Å²) in [6, 6.07) is 18.1. The average Bonchev–Trinajstić information content (AvgIpc) is 3.34. The van der Waals surface area contributed by atoms with Crippen LogP contribution >= 0.6 is 11.3 Å². The van der Waals surface area contributed by atoms with E-state index in [2.05, 4.69) is 20.7 Å². The molecule has 0 aliphatic heterocycles. The second kappa shape index (κ2) is 10.0. The molecule has 4 aromatic rings. The maximum Gasteiger partial charge on any atom is 0.289 e. The number of carbonyl (C=O) groups excluding carboxylic acids is 3. The van der Waals surface area contributed by atoms with Crippen LogP contribution in [0.1, 0.15) is 28.1 Å². The van der Waals surface area contributed by atoms with Gasteiger partial charge in [-0.05, 0) is 24.0 Å². The third kappa shape index (κ3) is 5.36. The Morgan fingerprint density at radius 3 is 2.43 bits per heavy atom. The summed E-state index contributed by atoms with van der Waals surface area (Å²) in [5.41, 5.74) is 4.28. The summed E-state index contributed by atoms with van der Waals surface area (Å²) >= 11 is 1.15. The predicted octanol–water partition coefficient (Wildman–Crippen LogP) is 3.18. The van der Waals surface area contributed by atoms with Gasteiger partial charge >= 0.3 is 0 Å². The zero-order chi connectivity index (χ0) is 24.2. The highest BCUT2D eigenvalue weighted by Gasteiger charge is 2.32. The minimum atomic E-state index is -1.00. The van der Waals surface area contributed by atoms with Crippen molar-refractivity contribution in [2.24, 2.45) is 0 Å². The number of nitrogens with one attached hydrogen (secondary N) is 2. The van der Waals surface area contributed by atoms with E-state index in [1.807, 2.05) is 60.7 Å². The zero-order valence-electron chi connectivity index (χ0n) is 18.8. The summed E-state index contributed by atoms with van der Waals surface area (Å²) in [5, 5.41) is 9.87. The van der Waals surface area contributed by atoms with Gasteiger partial charge in [-0.15, -0.1) is 11.3 Å². The standard InChI is InChI=1S/C26H23N5O3S/c32-22(25(33)29-20-11-12-20)21(13-17-7-3-1-4-8-17)30-26(34)23-24(27-16-35-23)31-15-19(14-28-31)18-9-5-2-6-10-18/h1-10,14-16,20-21H,11-13H2,(H,29,33)(H,30,34). The lowest BCUT2D eigenvalue weighted by Crippen LogP contribution is -2.49. The second-order valence-electron chi connectivity index (χ2n) is 8.37. The van der Waals surface area contributed by atoms with E-state index in [0.29, 0.717) is 10.7 Å². The van der Waals surface area contributed by atoms with E-state index in [1.165, 1.54) is 0 Å². The first kappa shape index (κ1) is 22.7. The van der Waals surface area contributed by atoms with Crippen LogP contribution in [0.5, 0.6) is 0 Å². The highest BCUT2D eigenvalue weighted by molar-refractivity contribution is 7.12. The molecule has 2 N–H and O–H groups in total. The molecule has 2 amide bonds. The Hall–Kier alpha value is -4.11. The number of benzene rings is 2. The fourth-order valence-corrected chi connectivity index (χ4v) is 4.38. The molecule has 1 saturated carbocycles. The number of nitrogens with zero attached hydrogens (tertiary/aromatic N) is 3. The lowest BCUT2D eigenvalue weighted by Gasteiger charge is -2.17. The summed E-state index contributed by atoms with van der Waals surface area (Å²) in [5.74, 6) is -1.45. The number of thiazole rings is 1. The van der Waals surface area contributed by atoms with Gasteiger partial charge in [-0.2, -0.15) is 5.10 Å². The smallest absolute Gasteiger partial charge is 0.289 e. The molecule has 1 aliphatic carbocycles. The van der Waals surface area contributed by atoms with E-state index in [1.54, 1.807) is 22.6 Å². The number of ketones is 1. The molecule has 0 saturated heterocycles. The third-order valence-electron chi connectivity index (χ3n) is 5.70. The number of amides is 2. The van der Waals surface area contributed by atoms with Gasteiger partial charge in [-0.1, -0.05) is 60.7 Å². The average molecular weight is 486 g/mol. The van der Waals surface area contributed by atoms with Crippen molar-refractivity contribution in [3.8, 4) is 16.9 Å². The molecule has 1 fully saturated rings. The van der Waals surface area contributed by atoms with Gasteiger partial charge in [0.2, 0.25) is 5.78 Å². The summed E-state index contributed by atoms with van der Waals surface area (Å²) in [6.07, 6.45) is 5.45. The quantitative estimate of drug-likeness (QED) is 0.354. The van der Waals surface area contributed by atoms with Crippen LogP contribution in [0.25, 0.3) is 16.9 Å². The normalized spacial score (nSPS) is 13.7. The first-order valence-electron chi connectivity index (χ1n) is 11.3. The monoisotopic (exact) mass is 485 g/mol. The van der Waals surface area contributed by atoms with Crippen molar-refractivity contribution >= 4 is 28.9 Å². The van der Waals surface area contributed by atoms with Crippen LogP contribution in [-0.4, -0.2) is 44.4 Å². The first-order chi connectivity index (χ1) is 17.1. The van der Waals surface area contributed by atoms with Gasteiger partial charge in [0.15, 0.2) is 5.82 Å². The van der Waals surface area contributed by atoms with Crippen LogP contribution in [-0.2, 0) is 16.0 Å². The Labute approximate surface area is 206 Å². The van der Waals surface area contributed by atoms with Crippen molar-refractivity contribution in [3.05, 3.63) is 89.0 Å². The Balaban J connectivity index is 1.37. The lowest BCUT2D eigenvalue weighted by atomic mass is 10.0. The summed E-state index contributed by atoms with van der Waals surface area (Å²) < 4.78 is 1.54. The van der Waals surface area contributed by atoms with Crippen molar-refractivity contribution in [1.29, 1.82) is 0 Å². The molecule has 35 heavy (non-hydrogen) atoms. The third-order valence-corrected chi connectivity index (χ3v) is 6.52. The number of aromatic nitrogens is 3. The highest BCUT2D eigenvalue weighted by Crippen LogP contribution is 2.23. The molecule has 176 valence electrons. The SMILES string of the molecule is O=C(NC1CC1)C(=O)C(Cc1ccccc1)NC(=O)c1scnc1-n1cc(-c2ccccc2)cn1. The van der Waals surface area contributed by atoms with E-state index in [0.717, 1.165) is 40.9 Å². The van der Waals surface area contributed by atoms with Crippen LogP contribution in [0.15, 0.2) is 78.6 Å². The summed E-state index contributed by atoms with van der Waals surface area (Å²) in [4.78, 5) is 43.4. The maximum absolute atomic E-state index is 13.3. The Kier molecular flexibility index (Phi) is 6.49. The number of Topliss-reactive ketones (excluding diaryl/α,β-unsaturated/α-hetero) is 1. The van der Waals surface area contributed by atoms with Crippen molar-refractivity contribution in [2.45, 2.75) is 31.3 Å². The number of hydrogen-bond donors (Lipinski definition) is 2. The van der Waals surface area contributed by atoms with Gasteiger partial charge in [0.25, 0.3) is 11.8 Å². The molecule has 2 aromatic heterocycles. The van der Waals surface area contributed by atoms with Gasteiger partial charge < -0.3 is 10.6 Å². The molecular weight excluding hydrogens is 462 g/mol. The molecule has 2 aromatic carbocycles. The Morgan fingerprint density at radius 1 is 1.00 bits per heavy atom. The molecule has 2 heterocycles. The largest absolute Gasteiger partial charge is 0.347 e. The number of carbonyl (C=O) groups is 3. The minimum absolute atomic E-state index is 0.0475. The predicted molar refractivity (Wildman–Crippen MR) is 132 cm³/mol. The molecule has 0 bridgehead atoms. The van der Waals surface area contributed by atoms with Crippen LogP contribution in [0, 0.1) is 0 Å². The van der Waals surface area contributed by atoms with E-state index < -0.39 is 23.6 Å². The second-order valence-corrected chi connectivity index (χ2v) is 9.23. The van der Waals surface area contributed by atoms with Crippen molar-refractivity contribution < 1.29 is 14.4 Å².